The summed E-state index contributed by atoms with van der Waals surface area (Å²) in [5, 5.41) is 0. The maximum atomic E-state index is 11.7. The summed E-state index contributed by atoms with van der Waals surface area (Å²) in [5.74, 6) is 0.893. The van der Waals surface area contributed by atoms with E-state index in [0.717, 1.165) is 10.7 Å². The zero-order valence-electron chi connectivity index (χ0n) is 15.9. The van der Waals surface area contributed by atoms with Gasteiger partial charge in [-0.2, -0.15) is 12.7 Å². The van der Waals surface area contributed by atoms with E-state index < -0.39 is 10.3 Å². The quantitative estimate of drug-likeness (QED) is 0.442. The lowest BCUT2D eigenvalue weighted by Gasteiger charge is -2.13. The minimum atomic E-state index is -3.73. The molecule has 0 fully saturated rings. The average Bonchev–Trinajstić information content (AvgIpc) is 2.56. The van der Waals surface area contributed by atoms with Crippen LogP contribution in [-0.4, -0.2) is 33.4 Å². The van der Waals surface area contributed by atoms with Gasteiger partial charge in [-0.25, -0.2) is 0 Å². The fraction of sp³-hybridized carbons (Fsp3) is 0.684. The van der Waals surface area contributed by atoms with Crippen molar-refractivity contribution in [3.8, 4) is 11.5 Å². The molecule has 1 aromatic carbocycles. The Morgan fingerprint density at radius 3 is 2.04 bits per heavy atom. The number of unbranched alkanes of at least 4 members (excludes halogenated alkanes) is 8. The lowest BCUT2D eigenvalue weighted by molar-refractivity contribution is 0.303. The minimum Gasteiger partial charge on any atom is -0.493 e. The second-order valence-corrected chi connectivity index (χ2v) is 8.23. The van der Waals surface area contributed by atoms with Gasteiger partial charge in [0.2, 0.25) is 0 Å². The van der Waals surface area contributed by atoms with Gasteiger partial charge in [-0.05, 0) is 18.6 Å². The minimum absolute atomic E-state index is 0.262. The van der Waals surface area contributed by atoms with Crippen LogP contribution in [0, 0.1) is 0 Å². The molecule has 0 heterocycles. The van der Waals surface area contributed by atoms with E-state index in [1.807, 2.05) is 6.07 Å². The zero-order chi connectivity index (χ0) is 18.5. The fourth-order valence-electron chi connectivity index (χ4n) is 2.41. The molecule has 0 unspecified atom stereocenters. The lowest BCUT2D eigenvalue weighted by atomic mass is 10.1. The van der Waals surface area contributed by atoms with Crippen LogP contribution < -0.4 is 8.92 Å². The van der Waals surface area contributed by atoms with E-state index in [2.05, 4.69) is 6.92 Å². The Morgan fingerprint density at radius 2 is 1.44 bits per heavy atom. The summed E-state index contributed by atoms with van der Waals surface area (Å²) in [6.45, 7) is 2.88. The van der Waals surface area contributed by atoms with Gasteiger partial charge in [-0.3, -0.25) is 0 Å². The third-order valence-electron chi connectivity index (χ3n) is 3.97. The Bertz CT molecular complexity index is 573. The molecule has 0 N–H and O–H groups in total. The van der Waals surface area contributed by atoms with Crippen molar-refractivity contribution < 1.29 is 17.3 Å². The summed E-state index contributed by atoms with van der Waals surface area (Å²) in [6, 6.07) is 6.75. The standard InChI is InChI=1S/C19H33NO4S/c1-4-5-6-7-8-9-10-11-12-16-23-18-14-13-15-19(17-18)24-25(21,22)20(2)3/h13-15,17H,4-12,16H2,1-3H3. The maximum Gasteiger partial charge on any atom is 0.384 e. The molecule has 0 aliphatic heterocycles. The molecule has 0 aromatic heterocycles. The molecule has 0 aliphatic rings. The first-order valence-electron chi connectivity index (χ1n) is 9.30. The summed E-state index contributed by atoms with van der Waals surface area (Å²) in [5.41, 5.74) is 0. The summed E-state index contributed by atoms with van der Waals surface area (Å²) in [7, 11) is -0.874. The smallest absolute Gasteiger partial charge is 0.384 e. The van der Waals surface area contributed by atoms with E-state index in [9.17, 15) is 8.42 Å². The summed E-state index contributed by atoms with van der Waals surface area (Å²) < 4.78 is 35.2. The SMILES string of the molecule is CCCCCCCCCCCOc1cccc(OS(=O)(=O)N(C)C)c1. The van der Waals surface area contributed by atoms with Crippen LogP contribution >= 0.6 is 0 Å². The molecule has 0 saturated heterocycles. The van der Waals surface area contributed by atoms with Crippen LogP contribution in [0.5, 0.6) is 11.5 Å². The molecule has 1 aromatic rings. The van der Waals surface area contributed by atoms with Gasteiger partial charge >= 0.3 is 10.3 Å². The fourth-order valence-corrected chi connectivity index (χ4v) is 2.91. The van der Waals surface area contributed by atoms with Gasteiger partial charge in [-0.15, -0.1) is 0 Å². The van der Waals surface area contributed by atoms with E-state index in [4.69, 9.17) is 8.92 Å². The molecule has 0 saturated carbocycles. The van der Waals surface area contributed by atoms with Gasteiger partial charge < -0.3 is 8.92 Å². The molecular weight excluding hydrogens is 338 g/mol. The normalized spacial score (nSPS) is 11.7. The predicted octanol–water partition coefficient (Wildman–Crippen LogP) is 4.78. The summed E-state index contributed by atoms with van der Waals surface area (Å²) in [6.07, 6.45) is 11.4. The molecule has 1 rings (SSSR count). The Balaban J connectivity index is 2.20. The highest BCUT2D eigenvalue weighted by atomic mass is 32.2. The van der Waals surface area contributed by atoms with Crippen molar-refractivity contribution >= 4 is 10.3 Å². The Morgan fingerprint density at radius 1 is 0.880 bits per heavy atom. The van der Waals surface area contributed by atoms with Crippen LogP contribution in [-0.2, 0) is 10.3 Å². The van der Waals surface area contributed by atoms with Crippen LogP contribution in [0.15, 0.2) is 24.3 Å². The van der Waals surface area contributed by atoms with Crippen LogP contribution in [0.2, 0.25) is 0 Å². The molecule has 0 radical (unpaired) electrons. The van der Waals surface area contributed by atoms with E-state index in [0.29, 0.717) is 12.4 Å². The highest BCUT2D eigenvalue weighted by Gasteiger charge is 2.15. The van der Waals surface area contributed by atoms with Gasteiger partial charge in [0.1, 0.15) is 11.5 Å². The largest absolute Gasteiger partial charge is 0.493 e. The van der Waals surface area contributed by atoms with Crippen LogP contribution in [0.25, 0.3) is 0 Å². The molecule has 6 heteroatoms. The molecule has 0 aliphatic carbocycles. The number of ether oxygens (including phenoxy) is 1. The Kier molecular flexibility index (Phi) is 10.6. The topological polar surface area (TPSA) is 55.8 Å². The number of rotatable bonds is 14. The lowest BCUT2D eigenvalue weighted by Crippen LogP contribution is -2.27. The van der Waals surface area contributed by atoms with Crippen molar-refractivity contribution in [3.63, 3.8) is 0 Å². The van der Waals surface area contributed by atoms with Crippen LogP contribution in [0.3, 0.4) is 0 Å². The summed E-state index contributed by atoms with van der Waals surface area (Å²) >= 11 is 0. The Hall–Kier alpha value is -1.27. The van der Waals surface area contributed by atoms with Crippen molar-refractivity contribution in [2.24, 2.45) is 0 Å². The molecule has 0 spiro atoms. The number of hydrogen-bond donors (Lipinski definition) is 0. The third-order valence-corrected chi connectivity index (χ3v) is 5.27. The van der Waals surface area contributed by atoms with Gasteiger partial charge in [0.15, 0.2) is 0 Å². The highest BCUT2D eigenvalue weighted by molar-refractivity contribution is 7.84. The summed E-state index contributed by atoms with van der Waals surface area (Å²) in [4.78, 5) is 0. The van der Waals surface area contributed by atoms with E-state index in [1.165, 1.54) is 65.5 Å². The molecule has 144 valence electrons. The maximum absolute atomic E-state index is 11.7. The van der Waals surface area contributed by atoms with Gasteiger partial charge in [-0.1, -0.05) is 64.4 Å². The molecule has 0 atom stereocenters. The first-order chi connectivity index (χ1) is 12.0. The third kappa shape index (κ3) is 9.70. The van der Waals surface area contributed by atoms with Crippen molar-refractivity contribution in [2.75, 3.05) is 20.7 Å². The monoisotopic (exact) mass is 371 g/mol. The van der Waals surface area contributed by atoms with Gasteiger partial charge in [0, 0.05) is 20.2 Å². The number of benzene rings is 1. The van der Waals surface area contributed by atoms with Crippen molar-refractivity contribution in [1.82, 2.24) is 4.31 Å². The molecule has 25 heavy (non-hydrogen) atoms. The van der Waals surface area contributed by atoms with Crippen LogP contribution in [0.4, 0.5) is 0 Å². The number of nitrogens with zero attached hydrogens (tertiary/aromatic N) is 1. The Labute approximate surface area is 153 Å². The molecular formula is C19H33NO4S. The molecule has 0 bridgehead atoms. The van der Waals surface area contributed by atoms with Crippen molar-refractivity contribution in [3.05, 3.63) is 24.3 Å². The second kappa shape index (κ2) is 12.1. The first-order valence-corrected chi connectivity index (χ1v) is 10.7. The van der Waals surface area contributed by atoms with Crippen molar-refractivity contribution in [1.29, 1.82) is 0 Å². The first kappa shape index (κ1) is 21.8. The van der Waals surface area contributed by atoms with E-state index in [1.54, 1.807) is 18.2 Å². The van der Waals surface area contributed by atoms with Gasteiger partial charge in [0.25, 0.3) is 0 Å². The van der Waals surface area contributed by atoms with E-state index >= 15 is 0 Å². The van der Waals surface area contributed by atoms with E-state index in [-0.39, 0.29) is 5.75 Å². The molecule has 0 amide bonds. The van der Waals surface area contributed by atoms with Crippen LogP contribution in [0.1, 0.15) is 64.7 Å². The zero-order valence-corrected chi connectivity index (χ0v) is 16.7. The highest BCUT2D eigenvalue weighted by Crippen LogP contribution is 2.21. The van der Waals surface area contributed by atoms with Crippen molar-refractivity contribution in [2.45, 2.75) is 64.7 Å². The number of hydrogen-bond acceptors (Lipinski definition) is 4. The second-order valence-electron chi connectivity index (χ2n) is 6.48. The van der Waals surface area contributed by atoms with Gasteiger partial charge in [0.05, 0.1) is 6.61 Å². The predicted molar refractivity (Wildman–Crippen MR) is 102 cm³/mol. The molecule has 5 nitrogen and oxygen atoms in total. The average molecular weight is 372 g/mol.